The van der Waals surface area contributed by atoms with E-state index in [0.29, 0.717) is 23.4 Å². The van der Waals surface area contributed by atoms with Gasteiger partial charge in [-0.2, -0.15) is 13.2 Å². The van der Waals surface area contributed by atoms with Crippen LogP contribution in [0.25, 0.3) is 5.69 Å². The summed E-state index contributed by atoms with van der Waals surface area (Å²) >= 11 is 0. The lowest BCUT2D eigenvalue weighted by Gasteiger charge is -2.35. The summed E-state index contributed by atoms with van der Waals surface area (Å²) in [6.45, 7) is 5.98. The second-order valence-electron chi connectivity index (χ2n) is 8.40. The van der Waals surface area contributed by atoms with Gasteiger partial charge in [-0.3, -0.25) is 9.59 Å². The number of carbonyl (C=O) groups is 1. The van der Waals surface area contributed by atoms with Crippen molar-refractivity contribution in [2.75, 3.05) is 6.61 Å². The zero-order valence-corrected chi connectivity index (χ0v) is 19.1. The van der Waals surface area contributed by atoms with Crippen LogP contribution in [0, 0.1) is 6.92 Å². The number of fused-ring (bicyclic) bond motifs is 1. The minimum absolute atomic E-state index is 0.0142. The Bertz CT molecular complexity index is 1280. The Labute approximate surface area is 194 Å². The van der Waals surface area contributed by atoms with E-state index in [1.54, 1.807) is 42.8 Å². The molecule has 1 atom stereocenters. The van der Waals surface area contributed by atoms with E-state index in [1.165, 1.54) is 15.8 Å². The van der Waals surface area contributed by atoms with Gasteiger partial charge in [0.15, 0.2) is 0 Å². The molecular weight excluding hydrogens is 449 g/mol. The average molecular weight is 474 g/mol. The lowest BCUT2D eigenvalue weighted by molar-refractivity contribution is -0.137. The molecular formula is C24H25F3N4O3. The third-order valence-electron chi connectivity index (χ3n) is 5.81. The highest BCUT2D eigenvalue weighted by Crippen LogP contribution is 2.32. The van der Waals surface area contributed by atoms with Crippen LogP contribution in [0.1, 0.15) is 46.7 Å². The van der Waals surface area contributed by atoms with Crippen LogP contribution in [-0.2, 0) is 30.6 Å². The van der Waals surface area contributed by atoms with Gasteiger partial charge in [0.25, 0.3) is 11.5 Å². The summed E-state index contributed by atoms with van der Waals surface area (Å²) in [4.78, 5) is 32.0. The highest BCUT2D eigenvalue weighted by Gasteiger charge is 2.34. The molecule has 4 rings (SSSR count). The minimum atomic E-state index is -4.52. The number of aromatic nitrogens is 3. The Kier molecular flexibility index (Phi) is 6.35. The Morgan fingerprint density at radius 1 is 1.15 bits per heavy atom. The maximum atomic E-state index is 13.5. The van der Waals surface area contributed by atoms with Gasteiger partial charge < -0.3 is 18.8 Å². The van der Waals surface area contributed by atoms with Crippen LogP contribution in [0.4, 0.5) is 13.2 Å². The number of halogens is 3. The highest BCUT2D eigenvalue weighted by atomic mass is 19.4. The first kappa shape index (κ1) is 23.7. The summed E-state index contributed by atoms with van der Waals surface area (Å²) < 4.78 is 48.7. The molecule has 0 bridgehead atoms. The van der Waals surface area contributed by atoms with Crippen LogP contribution in [0.2, 0.25) is 0 Å². The van der Waals surface area contributed by atoms with E-state index in [2.05, 4.69) is 4.98 Å². The smallest absolute Gasteiger partial charge is 0.377 e. The molecule has 1 amide bonds. The number of amides is 1. The lowest BCUT2D eigenvalue weighted by atomic mass is 10.0. The molecule has 180 valence electrons. The molecule has 0 spiro atoms. The second-order valence-corrected chi connectivity index (χ2v) is 8.40. The molecule has 2 aromatic heterocycles. The van der Waals surface area contributed by atoms with Crippen LogP contribution < -0.4 is 5.56 Å². The van der Waals surface area contributed by atoms with Crippen molar-refractivity contribution in [3.63, 3.8) is 0 Å². The van der Waals surface area contributed by atoms with E-state index in [4.69, 9.17) is 4.74 Å². The number of pyridine rings is 1. The van der Waals surface area contributed by atoms with Crippen molar-refractivity contribution in [3.8, 4) is 5.69 Å². The van der Waals surface area contributed by atoms with E-state index < -0.39 is 23.7 Å². The summed E-state index contributed by atoms with van der Waals surface area (Å²) in [6.07, 6.45) is -1.26. The molecule has 0 saturated heterocycles. The van der Waals surface area contributed by atoms with Gasteiger partial charge in [-0.1, -0.05) is 6.07 Å². The largest absolute Gasteiger partial charge is 0.416 e. The number of rotatable bonds is 6. The first-order valence-electron chi connectivity index (χ1n) is 10.9. The summed E-state index contributed by atoms with van der Waals surface area (Å²) in [5, 5.41) is 0. The molecule has 0 aliphatic carbocycles. The third-order valence-corrected chi connectivity index (χ3v) is 5.81. The van der Waals surface area contributed by atoms with Gasteiger partial charge in [0.05, 0.1) is 24.2 Å². The number of alkyl halides is 3. The number of carbonyl (C=O) groups excluding carboxylic acids is 1. The first-order chi connectivity index (χ1) is 16.1. The van der Waals surface area contributed by atoms with Gasteiger partial charge >= 0.3 is 6.18 Å². The van der Waals surface area contributed by atoms with Crippen molar-refractivity contribution in [1.29, 1.82) is 0 Å². The molecule has 10 heteroatoms. The molecule has 34 heavy (non-hydrogen) atoms. The van der Waals surface area contributed by atoms with E-state index in [0.717, 1.165) is 17.8 Å². The number of aryl methyl sites for hydroxylation is 1. The number of hydrogen-bond acceptors (Lipinski definition) is 4. The molecule has 3 heterocycles. The topological polar surface area (TPSA) is 69.4 Å². The maximum Gasteiger partial charge on any atom is 0.416 e. The number of nitrogens with zero attached hydrogens (tertiary/aromatic N) is 4. The van der Waals surface area contributed by atoms with E-state index >= 15 is 0 Å². The van der Waals surface area contributed by atoms with Crippen LogP contribution in [-0.4, -0.2) is 37.6 Å². The van der Waals surface area contributed by atoms with Crippen LogP contribution in [0.5, 0.6) is 0 Å². The third kappa shape index (κ3) is 4.63. The molecule has 0 saturated carbocycles. The van der Waals surface area contributed by atoms with Crippen molar-refractivity contribution < 1.29 is 22.7 Å². The van der Waals surface area contributed by atoms with Crippen LogP contribution >= 0.6 is 0 Å². The molecule has 0 radical (unpaired) electrons. The van der Waals surface area contributed by atoms with E-state index in [1.807, 2.05) is 6.92 Å². The van der Waals surface area contributed by atoms with Crippen LogP contribution in [0.3, 0.4) is 0 Å². The number of ether oxygens (including phenoxy) is 1. The Morgan fingerprint density at radius 2 is 1.88 bits per heavy atom. The van der Waals surface area contributed by atoms with Gasteiger partial charge in [0, 0.05) is 31.9 Å². The number of imidazole rings is 1. The minimum Gasteiger partial charge on any atom is -0.377 e. The lowest BCUT2D eigenvalue weighted by Crippen LogP contribution is -2.49. The maximum absolute atomic E-state index is 13.5. The molecule has 1 aliphatic rings. The quantitative estimate of drug-likeness (QED) is 0.543. The van der Waals surface area contributed by atoms with Crippen molar-refractivity contribution in [3.05, 3.63) is 81.3 Å². The fourth-order valence-electron chi connectivity index (χ4n) is 4.14. The first-order valence-corrected chi connectivity index (χ1v) is 10.9. The molecule has 0 N–H and O–H groups in total. The highest BCUT2D eigenvalue weighted by molar-refractivity contribution is 5.93. The fourth-order valence-corrected chi connectivity index (χ4v) is 4.14. The zero-order valence-electron chi connectivity index (χ0n) is 19.1. The summed E-state index contributed by atoms with van der Waals surface area (Å²) in [5.74, 6) is -0.409. The molecule has 1 aliphatic heterocycles. The number of benzene rings is 1. The average Bonchev–Trinajstić information content (AvgIpc) is 3.21. The normalized spacial score (nSPS) is 16.1. The molecule has 7 nitrogen and oxygen atoms in total. The van der Waals surface area contributed by atoms with Gasteiger partial charge in [0.2, 0.25) is 0 Å². The monoisotopic (exact) mass is 474 g/mol. The SMILES string of the molecule is CCOCc1cc(CN2C(=O)c3ccc(-n4cnc(C)c4)c(=O)n3C[C@H]2C)cc(C(F)(F)F)c1. The van der Waals surface area contributed by atoms with E-state index in [-0.39, 0.29) is 30.9 Å². The molecule has 1 aromatic carbocycles. The van der Waals surface area contributed by atoms with Gasteiger partial charge in [0.1, 0.15) is 11.4 Å². The van der Waals surface area contributed by atoms with Crippen molar-refractivity contribution in [2.45, 2.75) is 52.7 Å². The summed E-state index contributed by atoms with van der Waals surface area (Å²) in [5.41, 5.74) is 0.956. The second kappa shape index (κ2) is 9.09. The molecule has 0 fully saturated rings. The van der Waals surface area contributed by atoms with Gasteiger partial charge in [-0.15, -0.1) is 0 Å². The Morgan fingerprint density at radius 3 is 2.53 bits per heavy atom. The zero-order chi connectivity index (χ0) is 24.6. The van der Waals surface area contributed by atoms with Crippen molar-refractivity contribution in [1.82, 2.24) is 19.0 Å². The predicted octanol–water partition coefficient (Wildman–Crippen LogP) is 3.94. The van der Waals surface area contributed by atoms with E-state index in [9.17, 15) is 22.8 Å². The molecule has 0 unspecified atom stereocenters. The fraction of sp³-hybridized carbons (Fsp3) is 0.375. The predicted molar refractivity (Wildman–Crippen MR) is 119 cm³/mol. The number of hydrogen-bond donors (Lipinski definition) is 0. The summed E-state index contributed by atoms with van der Waals surface area (Å²) in [7, 11) is 0. The summed E-state index contributed by atoms with van der Waals surface area (Å²) in [6, 6.07) is 6.47. The van der Waals surface area contributed by atoms with Crippen LogP contribution in [0.15, 0.2) is 47.7 Å². The van der Waals surface area contributed by atoms with Crippen molar-refractivity contribution in [2.24, 2.45) is 0 Å². The van der Waals surface area contributed by atoms with Gasteiger partial charge in [-0.25, -0.2) is 4.98 Å². The Hall–Kier alpha value is -3.40. The van der Waals surface area contributed by atoms with Gasteiger partial charge in [-0.05, 0) is 56.2 Å². The molecule has 3 aromatic rings. The van der Waals surface area contributed by atoms with Crippen molar-refractivity contribution >= 4 is 5.91 Å². The standard InChI is InChI=1S/C24H25F3N4O3/c1-4-34-13-18-7-17(8-19(9-18)24(25,26)27)12-30-16(3)11-31-21(23(30)33)6-5-20(22(31)32)29-10-15(2)28-14-29/h5-10,14,16H,4,11-13H2,1-3H3/t16-/m1/s1. The Balaban J connectivity index is 1.66.